The SMILES string of the molecule is CCC(C)(OC)C(=O)Nc1cc(C)cc(C)c1. The van der Waals surface area contributed by atoms with Crippen LogP contribution >= 0.6 is 0 Å². The number of carbonyl (C=O) groups is 1. The summed E-state index contributed by atoms with van der Waals surface area (Å²) in [7, 11) is 1.56. The highest BCUT2D eigenvalue weighted by atomic mass is 16.5. The smallest absolute Gasteiger partial charge is 0.256 e. The van der Waals surface area contributed by atoms with Crippen molar-refractivity contribution >= 4 is 11.6 Å². The van der Waals surface area contributed by atoms with E-state index in [0.717, 1.165) is 16.8 Å². The fourth-order valence-corrected chi connectivity index (χ4v) is 1.71. The number of nitrogens with one attached hydrogen (secondary N) is 1. The molecule has 0 spiro atoms. The van der Waals surface area contributed by atoms with Crippen LogP contribution in [0.25, 0.3) is 0 Å². The molecule has 0 fully saturated rings. The molecular formula is C14H21NO2. The molecule has 0 aliphatic carbocycles. The van der Waals surface area contributed by atoms with Crippen LogP contribution in [0.2, 0.25) is 0 Å². The van der Waals surface area contributed by atoms with Crippen LogP contribution in [0.15, 0.2) is 18.2 Å². The van der Waals surface area contributed by atoms with E-state index in [1.54, 1.807) is 14.0 Å². The normalized spacial score (nSPS) is 14.2. The molecule has 0 bridgehead atoms. The maximum atomic E-state index is 12.1. The molecule has 1 N–H and O–H groups in total. The van der Waals surface area contributed by atoms with Crippen molar-refractivity contribution in [2.45, 2.75) is 39.7 Å². The van der Waals surface area contributed by atoms with Crippen LogP contribution < -0.4 is 5.32 Å². The van der Waals surface area contributed by atoms with Gasteiger partial charge < -0.3 is 10.1 Å². The fraction of sp³-hybridized carbons (Fsp3) is 0.500. The molecule has 0 aliphatic rings. The van der Waals surface area contributed by atoms with Crippen molar-refractivity contribution in [2.24, 2.45) is 0 Å². The van der Waals surface area contributed by atoms with Crippen LogP contribution in [0, 0.1) is 13.8 Å². The van der Waals surface area contributed by atoms with Crippen LogP contribution in [0.5, 0.6) is 0 Å². The van der Waals surface area contributed by atoms with Gasteiger partial charge in [-0.2, -0.15) is 0 Å². The summed E-state index contributed by atoms with van der Waals surface area (Å²) in [4.78, 5) is 12.1. The lowest BCUT2D eigenvalue weighted by atomic mass is 10.0. The molecule has 1 aromatic carbocycles. The Morgan fingerprint density at radius 1 is 1.29 bits per heavy atom. The summed E-state index contributed by atoms with van der Waals surface area (Å²) in [5.41, 5.74) is 2.33. The topological polar surface area (TPSA) is 38.3 Å². The molecule has 0 saturated carbocycles. The van der Waals surface area contributed by atoms with E-state index in [4.69, 9.17) is 4.74 Å². The van der Waals surface area contributed by atoms with E-state index >= 15 is 0 Å². The van der Waals surface area contributed by atoms with Gasteiger partial charge in [-0.3, -0.25) is 4.79 Å². The van der Waals surface area contributed by atoms with Gasteiger partial charge in [0.2, 0.25) is 0 Å². The highest BCUT2D eigenvalue weighted by Crippen LogP contribution is 2.19. The van der Waals surface area contributed by atoms with Crippen molar-refractivity contribution in [2.75, 3.05) is 12.4 Å². The maximum absolute atomic E-state index is 12.1. The molecular weight excluding hydrogens is 214 g/mol. The quantitative estimate of drug-likeness (QED) is 0.871. The second-order valence-corrected chi connectivity index (χ2v) is 4.62. The molecule has 3 nitrogen and oxygen atoms in total. The molecule has 1 amide bonds. The third-order valence-corrected chi connectivity index (χ3v) is 3.09. The summed E-state index contributed by atoms with van der Waals surface area (Å²) in [5.74, 6) is -0.104. The molecule has 3 heteroatoms. The Kier molecular flexibility index (Phi) is 4.29. The first-order chi connectivity index (χ1) is 7.91. The average molecular weight is 235 g/mol. The second kappa shape index (κ2) is 5.32. The Morgan fingerprint density at radius 3 is 2.24 bits per heavy atom. The van der Waals surface area contributed by atoms with Crippen molar-refractivity contribution < 1.29 is 9.53 Å². The van der Waals surface area contributed by atoms with Crippen LogP contribution in [0.4, 0.5) is 5.69 Å². The Hall–Kier alpha value is -1.35. The minimum atomic E-state index is -0.766. The number of hydrogen-bond acceptors (Lipinski definition) is 2. The zero-order valence-corrected chi connectivity index (χ0v) is 11.3. The largest absolute Gasteiger partial charge is 0.369 e. The van der Waals surface area contributed by atoms with E-state index in [2.05, 4.69) is 11.4 Å². The molecule has 0 aliphatic heterocycles. The lowest BCUT2D eigenvalue weighted by Crippen LogP contribution is -2.41. The lowest BCUT2D eigenvalue weighted by Gasteiger charge is -2.25. The minimum absolute atomic E-state index is 0.104. The molecule has 94 valence electrons. The van der Waals surface area contributed by atoms with E-state index in [1.165, 1.54) is 0 Å². The van der Waals surface area contributed by atoms with E-state index < -0.39 is 5.60 Å². The highest BCUT2D eigenvalue weighted by molar-refractivity contribution is 5.97. The summed E-state index contributed by atoms with van der Waals surface area (Å²) in [6.45, 7) is 7.76. The number of ether oxygens (including phenoxy) is 1. The zero-order valence-electron chi connectivity index (χ0n) is 11.3. The summed E-state index contributed by atoms with van der Waals surface area (Å²) in [6, 6.07) is 5.98. The van der Waals surface area contributed by atoms with Crippen LogP contribution in [0.3, 0.4) is 0 Å². The van der Waals surface area contributed by atoms with Gasteiger partial charge in [-0.15, -0.1) is 0 Å². The number of aryl methyl sites for hydroxylation is 2. The van der Waals surface area contributed by atoms with Crippen LogP contribution in [-0.2, 0) is 9.53 Å². The van der Waals surface area contributed by atoms with Gasteiger partial charge in [-0.1, -0.05) is 13.0 Å². The third-order valence-electron chi connectivity index (χ3n) is 3.09. The number of amides is 1. The minimum Gasteiger partial charge on any atom is -0.369 e. The molecule has 17 heavy (non-hydrogen) atoms. The maximum Gasteiger partial charge on any atom is 0.256 e. The number of hydrogen-bond donors (Lipinski definition) is 1. The van der Waals surface area contributed by atoms with Crippen molar-refractivity contribution in [3.63, 3.8) is 0 Å². The van der Waals surface area contributed by atoms with Gasteiger partial charge in [0, 0.05) is 12.8 Å². The van der Waals surface area contributed by atoms with Gasteiger partial charge in [0.1, 0.15) is 5.60 Å². The van der Waals surface area contributed by atoms with Crippen LogP contribution in [-0.4, -0.2) is 18.6 Å². The monoisotopic (exact) mass is 235 g/mol. The molecule has 1 atom stereocenters. The van der Waals surface area contributed by atoms with Crippen molar-refractivity contribution in [1.82, 2.24) is 0 Å². The Bertz CT molecular complexity index is 388. The van der Waals surface area contributed by atoms with E-state index in [-0.39, 0.29) is 5.91 Å². The van der Waals surface area contributed by atoms with E-state index in [9.17, 15) is 4.79 Å². The Morgan fingerprint density at radius 2 is 1.82 bits per heavy atom. The predicted molar refractivity (Wildman–Crippen MR) is 70.3 cm³/mol. The number of rotatable bonds is 4. The zero-order chi connectivity index (χ0) is 13.1. The Balaban J connectivity index is 2.87. The van der Waals surface area contributed by atoms with Gasteiger partial charge in [-0.05, 0) is 50.5 Å². The highest BCUT2D eigenvalue weighted by Gasteiger charge is 2.30. The molecule has 1 rings (SSSR count). The van der Waals surface area contributed by atoms with E-state index in [1.807, 2.05) is 32.9 Å². The first-order valence-electron chi connectivity index (χ1n) is 5.86. The van der Waals surface area contributed by atoms with Gasteiger partial charge in [-0.25, -0.2) is 0 Å². The van der Waals surface area contributed by atoms with Crippen molar-refractivity contribution in [3.8, 4) is 0 Å². The molecule has 0 radical (unpaired) electrons. The first-order valence-corrected chi connectivity index (χ1v) is 5.86. The molecule has 0 saturated heterocycles. The molecule has 0 aromatic heterocycles. The lowest BCUT2D eigenvalue weighted by molar-refractivity contribution is -0.136. The van der Waals surface area contributed by atoms with Crippen molar-refractivity contribution in [3.05, 3.63) is 29.3 Å². The number of benzene rings is 1. The Labute approximate surface area is 103 Å². The fourth-order valence-electron chi connectivity index (χ4n) is 1.71. The molecule has 1 aromatic rings. The summed E-state index contributed by atoms with van der Waals surface area (Å²) in [5, 5.41) is 2.90. The van der Waals surface area contributed by atoms with Crippen LogP contribution in [0.1, 0.15) is 31.4 Å². The average Bonchev–Trinajstić information content (AvgIpc) is 2.26. The summed E-state index contributed by atoms with van der Waals surface area (Å²) in [6.07, 6.45) is 0.639. The second-order valence-electron chi connectivity index (χ2n) is 4.62. The van der Waals surface area contributed by atoms with Crippen molar-refractivity contribution in [1.29, 1.82) is 0 Å². The summed E-state index contributed by atoms with van der Waals surface area (Å²) < 4.78 is 5.27. The van der Waals surface area contributed by atoms with Gasteiger partial charge in [0.05, 0.1) is 0 Å². The van der Waals surface area contributed by atoms with Gasteiger partial charge in [0.15, 0.2) is 0 Å². The first kappa shape index (κ1) is 13.7. The van der Waals surface area contributed by atoms with Gasteiger partial charge in [0.25, 0.3) is 5.91 Å². The molecule has 1 unspecified atom stereocenters. The van der Waals surface area contributed by atoms with E-state index in [0.29, 0.717) is 6.42 Å². The van der Waals surface area contributed by atoms with Gasteiger partial charge >= 0.3 is 0 Å². The predicted octanol–water partition coefficient (Wildman–Crippen LogP) is 3.06. The molecule has 0 heterocycles. The number of carbonyl (C=O) groups excluding carboxylic acids is 1. The number of methoxy groups -OCH3 is 1. The summed E-state index contributed by atoms with van der Waals surface area (Å²) >= 11 is 0. The standard InChI is InChI=1S/C14H21NO2/c1-6-14(4,17-5)13(16)15-12-8-10(2)7-11(3)9-12/h7-9H,6H2,1-5H3,(H,15,16). The third kappa shape index (κ3) is 3.30. The number of anilines is 1.